The van der Waals surface area contributed by atoms with Crippen molar-refractivity contribution < 1.29 is 0 Å². The van der Waals surface area contributed by atoms with Crippen LogP contribution in [0.1, 0.15) is 5.56 Å². The second kappa shape index (κ2) is 8.80. The Morgan fingerprint density at radius 2 is 1.44 bits per heavy atom. The second-order valence-electron chi connectivity index (χ2n) is 5.15. The minimum Gasteiger partial charge on any atom is -0.275 e. The summed E-state index contributed by atoms with van der Waals surface area (Å²) in [4.78, 5) is 1.12. The number of benzene rings is 3. The summed E-state index contributed by atoms with van der Waals surface area (Å²) < 4.78 is 0. The fourth-order valence-corrected chi connectivity index (χ4v) is 2.73. The highest BCUT2D eigenvalue weighted by Gasteiger charge is 2.04. The van der Waals surface area contributed by atoms with Crippen molar-refractivity contribution in [1.29, 1.82) is 0 Å². The lowest BCUT2D eigenvalue weighted by molar-refractivity contribution is 1.21. The van der Waals surface area contributed by atoms with Gasteiger partial charge in [0, 0.05) is 10.5 Å². The van der Waals surface area contributed by atoms with Crippen molar-refractivity contribution in [2.75, 3.05) is 11.7 Å². The molecule has 0 aliphatic rings. The number of hydrazone groups is 1. The standard InChI is InChI=1S/C20H18N4S/c1-25-19-15-9-8-14-18(19)22-24-20(16-10-4-2-5-11-16)23-21-17-12-6-3-7-13-17/h2-15,22H,1H3. The van der Waals surface area contributed by atoms with Crippen molar-refractivity contribution in [1.82, 2.24) is 0 Å². The minimum atomic E-state index is 0.528. The van der Waals surface area contributed by atoms with Crippen molar-refractivity contribution >= 4 is 29.0 Å². The molecule has 5 heteroatoms. The molecule has 1 N–H and O–H groups in total. The molecule has 3 rings (SSSR count). The Labute approximate surface area is 151 Å². The summed E-state index contributed by atoms with van der Waals surface area (Å²) in [7, 11) is 0. The molecule has 0 unspecified atom stereocenters. The molecule has 0 saturated carbocycles. The van der Waals surface area contributed by atoms with E-state index in [0.29, 0.717) is 5.84 Å². The van der Waals surface area contributed by atoms with Crippen LogP contribution in [0, 0.1) is 0 Å². The van der Waals surface area contributed by atoms with Crippen LogP contribution in [0.5, 0.6) is 0 Å². The molecule has 0 aromatic heterocycles. The van der Waals surface area contributed by atoms with E-state index in [1.807, 2.05) is 85.1 Å². The number of hydrogen-bond acceptors (Lipinski definition) is 4. The average Bonchev–Trinajstić information content (AvgIpc) is 2.70. The summed E-state index contributed by atoms with van der Waals surface area (Å²) in [5.41, 5.74) is 5.74. The van der Waals surface area contributed by atoms with E-state index in [4.69, 9.17) is 0 Å². The van der Waals surface area contributed by atoms with E-state index >= 15 is 0 Å². The number of amidine groups is 1. The van der Waals surface area contributed by atoms with Crippen molar-refractivity contribution in [2.24, 2.45) is 15.3 Å². The molecular weight excluding hydrogens is 328 g/mol. The first-order valence-electron chi connectivity index (χ1n) is 7.86. The van der Waals surface area contributed by atoms with E-state index in [9.17, 15) is 0 Å². The Kier molecular flexibility index (Phi) is 5.96. The normalized spacial score (nSPS) is 11.6. The summed E-state index contributed by atoms with van der Waals surface area (Å²) in [5, 5.41) is 13.1. The van der Waals surface area contributed by atoms with Crippen molar-refractivity contribution in [2.45, 2.75) is 4.90 Å². The minimum absolute atomic E-state index is 0.528. The highest BCUT2D eigenvalue weighted by atomic mass is 32.2. The lowest BCUT2D eigenvalue weighted by Gasteiger charge is -2.07. The quantitative estimate of drug-likeness (QED) is 0.203. The Morgan fingerprint density at radius 1 is 0.800 bits per heavy atom. The number of para-hydroxylation sites is 1. The van der Waals surface area contributed by atoms with Gasteiger partial charge in [0.05, 0.1) is 11.4 Å². The van der Waals surface area contributed by atoms with Gasteiger partial charge < -0.3 is 0 Å². The van der Waals surface area contributed by atoms with E-state index in [0.717, 1.165) is 21.8 Å². The number of rotatable bonds is 5. The van der Waals surface area contributed by atoms with Gasteiger partial charge in [0.15, 0.2) is 0 Å². The molecule has 3 aromatic carbocycles. The molecular formula is C20H18N4S. The molecule has 0 fully saturated rings. The summed E-state index contributed by atoms with van der Waals surface area (Å²) in [5.74, 6) is 0.528. The van der Waals surface area contributed by atoms with Crippen molar-refractivity contribution in [3.8, 4) is 0 Å². The largest absolute Gasteiger partial charge is 0.275 e. The predicted molar refractivity (Wildman–Crippen MR) is 106 cm³/mol. The van der Waals surface area contributed by atoms with Crippen molar-refractivity contribution in [3.63, 3.8) is 0 Å². The van der Waals surface area contributed by atoms with Gasteiger partial charge in [0.25, 0.3) is 0 Å². The predicted octanol–water partition coefficient (Wildman–Crippen LogP) is 5.97. The van der Waals surface area contributed by atoms with Gasteiger partial charge in [-0.2, -0.15) is 5.10 Å². The van der Waals surface area contributed by atoms with Gasteiger partial charge in [-0.1, -0.05) is 60.7 Å². The molecule has 0 heterocycles. The fourth-order valence-electron chi connectivity index (χ4n) is 2.18. The lowest BCUT2D eigenvalue weighted by Crippen LogP contribution is -2.01. The monoisotopic (exact) mass is 346 g/mol. The van der Waals surface area contributed by atoms with Gasteiger partial charge in [0.1, 0.15) is 0 Å². The number of nitrogens with one attached hydrogen (secondary N) is 1. The lowest BCUT2D eigenvalue weighted by atomic mass is 10.2. The van der Waals surface area contributed by atoms with E-state index in [1.165, 1.54) is 0 Å². The zero-order valence-electron chi connectivity index (χ0n) is 13.8. The van der Waals surface area contributed by atoms with Gasteiger partial charge in [0.2, 0.25) is 5.84 Å². The highest BCUT2D eigenvalue weighted by Crippen LogP contribution is 2.24. The third-order valence-electron chi connectivity index (χ3n) is 3.44. The van der Waals surface area contributed by atoms with E-state index < -0.39 is 0 Å². The zero-order valence-corrected chi connectivity index (χ0v) is 14.6. The second-order valence-corrected chi connectivity index (χ2v) is 6.00. The highest BCUT2D eigenvalue weighted by molar-refractivity contribution is 7.98. The summed E-state index contributed by atoms with van der Waals surface area (Å²) in [6.45, 7) is 0. The number of thioether (sulfide) groups is 1. The van der Waals surface area contributed by atoms with Crippen LogP contribution < -0.4 is 5.43 Å². The van der Waals surface area contributed by atoms with Crippen LogP contribution in [0.25, 0.3) is 0 Å². The Bertz CT molecular complexity index is 861. The number of nitrogens with zero attached hydrogens (tertiary/aromatic N) is 3. The molecule has 124 valence electrons. The molecule has 0 radical (unpaired) electrons. The Balaban J connectivity index is 1.90. The van der Waals surface area contributed by atoms with Crippen LogP contribution >= 0.6 is 11.8 Å². The molecule has 0 bridgehead atoms. The third kappa shape index (κ3) is 4.78. The first-order valence-corrected chi connectivity index (χ1v) is 9.08. The van der Waals surface area contributed by atoms with Gasteiger partial charge >= 0.3 is 0 Å². The molecule has 25 heavy (non-hydrogen) atoms. The van der Waals surface area contributed by atoms with E-state index in [1.54, 1.807) is 11.8 Å². The van der Waals surface area contributed by atoms with Crippen LogP contribution in [-0.2, 0) is 0 Å². The fraction of sp³-hybridized carbons (Fsp3) is 0.0500. The first kappa shape index (κ1) is 16.9. The molecule has 4 nitrogen and oxygen atoms in total. The van der Waals surface area contributed by atoms with Crippen LogP contribution in [0.2, 0.25) is 0 Å². The molecule has 0 aliphatic heterocycles. The van der Waals surface area contributed by atoms with Crippen molar-refractivity contribution in [3.05, 3.63) is 90.5 Å². The number of hydrogen-bond donors (Lipinski definition) is 1. The van der Waals surface area contributed by atoms with Gasteiger partial charge in [-0.05, 0) is 30.5 Å². The molecule has 0 saturated heterocycles. The molecule has 0 aliphatic carbocycles. The van der Waals surface area contributed by atoms with E-state index in [2.05, 4.69) is 26.8 Å². The number of azo groups is 1. The van der Waals surface area contributed by atoms with Crippen LogP contribution in [0.15, 0.2) is 105 Å². The maximum Gasteiger partial charge on any atom is 0.201 e. The van der Waals surface area contributed by atoms with Crippen LogP contribution in [0.3, 0.4) is 0 Å². The van der Waals surface area contributed by atoms with Crippen LogP contribution in [0.4, 0.5) is 11.4 Å². The van der Waals surface area contributed by atoms with Gasteiger partial charge in [-0.3, -0.25) is 5.43 Å². The summed E-state index contributed by atoms with van der Waals surface area (Å²) in [6.07, 6.45) is 2.04. The smallest absolute Gasteiger partial charge is 0.201 e. The zero-order chi connectivity index (χ0) is 17.3. The SMILES string of the molecule is CSc1ccccc1NN=C(N=Nc1ccccc1)c1ccccc1. The first-order chi connectivity index (χ1) is 12.4. The maximum atomic E-state index is 4.48. The Morgan fingerprint density at radius 3 is 2.16 bits per heavy atom. The summed E-state index contributed by atoms with van der Waals surface area (Å²) >= 11 is 1.67. The maximum absolute atomic E-state index is 4.48. The number of anilines is 1. The molecule has 0 atom stereocenters. The van der Waals surface area contributed by atoms with Crippen LogP contribution in [-0.4, -0.2) is 12.1 Å². The summed E-state index contributed by atoms with van der Waals surface area (Å²) in [6, 6.07) is 27.5. The average molecular weight is 346 g/mol. The topological polar surface area (TPSA) is 49.1 Å². The van der Waals surface area contributed by atoms with Gasteiger partial charge in [-0.15, -0.1) is 22.0 Å². The molecule has 0 amide bonds. The molecule has 3 aromatic rings. The third-order valence-corrected chi connectivity index (χ3v) is 4.23. The van der Waals surface area contributed by atoms with Gasteiger partial charge in [-0.25, -0.2) is 0 Å². The van der Waals surface area contributed by atoms with E-state index in [-0.39, 0.29) is 0 Å². The Hall–Kier alpha value is -2.92. The molecule has 0 spiro atoms.